The van der Waals surface area contributed by atoms with Crippen LogP contribution in [0.5, 0.6) is 0 Å². The minimum atomic E-state index is 0.940. The smallest absolute Gasteiger partial charge is 0.0286 e. The molecule has 0 aliphatic heterocycles. The van der Waals surface area contributed by atoms with Crippen molar-refractivity contribution in [2.24, 2.45) is 0 Å². The van der Waals surface area contributed by atoms with Gasteiger partial charge in [-0.3, -0.25) is 0 Å². The van der Waals surface area contributed by atoms with Crippen molar-refractivity contribution in [3.63, 3.8) is 0 Å². The van der Waals surface area contributed by atoms with Gasteiger partial charge in [0, 0.05) is 9.80 Å². The fourth-order valence-corrected chi connectivity index (χ4v) is 2.34. The topological polar surface area (TPSA) is 0 Å². The fourth-order valence-electron chi connectivity index (χ4n) is 1.12. The van der Waals surface area contributed by atoms with Crippen LogP contribution >= 0.6 is 31.9 Å². The highest BCUT2D eigenvalue weighted by Gasteiger charge is 2.01. The van der Waals surface area contributed by atoms with Crippen molar-refractivity contribution in [3.8, 4) is 0 Å². The molecule has 0 aliphatic carbocycles. The van der Waals surface area contributed by atoms with Crippen LogP contribution in [0.15, 0.2) is 22.7 Å². The van der Waals surface area contributed by atoms with Gasteiger partial charge in [-0.25, -0.2) is 0 Å². The molecule has 0 bridgehead atoms. The monoisotopic (exact) mass is 276 g/mol. The Balaban J connectivity index is 3.13. The van der Waals surface area contributed by atoms with E-state index in [4.69, 9.17) is 0 Å². The molecule has 0 unspecified atom stereocenters. The summed E-state index contributed by atoms with van der Waals surface area (Å²) in [6.07, 6.45) is 1.09. The summed E-state index contributed by atoms with van der Waals surface area (Å²) in [4.78, 5) is 0. The van der Waals surface area contributed by atoms with Crippen molar-refractivity contribution in [2.45, 2.75) is 18.7 Å². The van der Waals surface area contributed by atoms with Crippen molar-refractivity contribution in [2.75, 3.05) is 0 Å². The third-order valence-electron chi connectivity index (χ3n) is 1.71. The number of benzene rings is 1. The van der Waals surface area contributed by atoms with E-state index >= 15 is 0 Å². The van der Waals surface area contributed by atoms with Crippen molar-refractivity contribution in [1.29, 1.82) is 0 Å². The van der Waals surface area contributed by atoms with Gasteiger partial charge in [0.2, 0.25) is 0 Å². The second-order valence-electron chi connectivity index (χ2n) is 2.36. The number of rotatable bonds is 2. The molecule has 1 aromatic rings. The summed E-state index contributed by atoms with van der Waals surface area (Å²) in [5.74, 6) is 0. The predicted molar refractivity (Wildman–Crippen MR) is 56.2 cm³/mol. The van der Waals surface area contributed by atoms with Crippen molar-refractivity contribution in [3.05, 3.63) is 33.8 Å². The average molecular weight is 278 g/mol. The van der Waals surface area contributed by atoms with Gasteiger partial charge in [-0.15, -0.1) is 0 Å². The van der Waals surface area contributed by atoms with Crippen LogP contribution in [-0.2, 0) is 11.8 Å². The highest BCUT2D eigenvalue weighted by Crippen LogP contribution is 2.22. The molecule has 0 saturated carbocycles. The summed E-state index contributed by atoms with van der Waals surface area (Å²) < 4.78 is 1.22. The molecular formula is C9H10Br2. The van der Waals surface area contributed by atoms with Crippen molar-refractivity contribution >= 4 is 31.9 Å². The molecule has 1 aromatic carbocycles. The lowest BCUT2D eigenvalue weighted by atomic mass is 10.1. The Morgan fingerprint density at radius 2 is 2.09 bits per heavy atom. The fraction of sp³-hybridized carbons (Fsp3) is 0.333. The Morgan fingerprint density at radius 3 is 2.55 bits per heavy atom. The molecule has 0 amide bonds. The average Bonchev–Trinajstić information content (AvgIpc) is 2.04. The van der Waals surface area contributed by atoms with Crippen molar-refractivity contribution in [1.82, 2.24) is 0 Å². The number of hydrogen-bond donors (Lipinski definition) is 0. The van der Waals surface area contributed by atoms with Crippen LogP contribution in [0.3, 0.4) is 0 Å². The lowest BCUT2D eigenvalue weighted by Crippen LogP contribution is -1.89. The van der Waals surface area contributed by atoms with Gasteiger partial charge in [0.15, 0.2) is 0 Å². The van der Waals surface area contributed by atoms with Gasteiger partial charge >= 0.3 is 0 Å². The maximum atomic E-state index is 3.53. The molecule has 11 heavy (non-hydrogen) atoms. The van der Waals surface area contributed by atoms with Gasteiger partial charge in [-0.2, -0.15) is 0 Å². The van der Waals surface area contributed by atoms with Crippen LogP contribution in [0.2, 0.25) is 0 Å². The summed E-state index contributed by atoms with van der Waals surface area (Å²) in [5, 5.41) is 0.940. The summed E-state index contributed by atoms with van der Waals surface area (Å²) in [6, 6.07) is 6.31. The van der Waals surface area contributed by atoms with Crippen LogP contribution in [0.1, 0.15) is 18.1 Å². The maximum Gasteiger partial charge on any atom is 0.0286 e. The predicted octanol–water partition coefficient (Wildman–Crippen LogP) is 3.91. The van der Waals surface area contributed by atoms with Gasteiger partial charge in [-0.05, 0) is 23.6 Å². The lowest BCUT2D eigenvalue weighted by molar-refractivity contribution is 1.09. The summed E-state index contributed by atoms with van der Waals surface area (Å²) in [6.45, 7) is 2.17. The Bertz CT molecular complexity index is 243. The first-order chi connectivity index (χ1) is 5.29. The SMILES string of the molecule is CCc1c(Br)cccc1CBr. The van der Waals surface area contributed by atoms with E-state index in [0.29, 0.717) is 0 Å². The lowest BCUT2D eigenvalue weighted by Gasteiger charge is -2.05. The molecule has 0 atom stereocenters. The summed E-state index contributed by atoms with van der Waals surface area (Å²) >= 11 is 6.99. The van der Waals surface area contributed by atoms with Gasteiger partial charge in [0.05, 0.1) is 0 Å². The van der Waals surface area contributed by atoms with Gasteiger partial charge in [0.25, 0.3) is 0 Å². The molecule has 0 heterocycles. The number of hydrogen-bond acceptors (Lipinski definition) is 0. The van der Waals surface area contributed by atoms with E-state index in [1.54, 1.807) is 0 Å². The van der Waals surface area contributed by atoms with E-state index in [-0.39, 0.29) is 0 Å². The Kier molecular flexibility index (Phi) is 3.60. The van der Waals surface area contributed by atoms with Crippen LogP contribution in [-0.4, -0.2) is 0 Å². The van der Waals surface area contributed by atoms with Crippen LogP contribution in [0, 0.1) is 0 Å². The first-order valence-corrected chi connectivity index (χ1v) is 5.53. The zero-order valence-electron chi connectivity index (χ0n) is 6.40. The molecule has 60 valence electrons. The summed E-state index contributed by atoms with van der Waals surface area (Å²) in [5.41, 5.74) is 2.78. The highest BCUT2D eigenvalue weighted by atomic mass is 79.9. The molecule has 0 fully saturated rings. The second kappa shape index (κ2) is 4.27. The zero-order chi connectivity index (χ0) is 8.27. The number of alkyl halides is 1. The first-order valence-electron chi connectivity index (χ1n) is 3.61. The van der Waals surface area contributed by atoms with Gasteiger partial charge in [-0.1, -0.05) is 50.9 Å². The van der Waals surface area contributed by atoms with E-state index in [2.05, 4.69) is 57.0 Å². The highest BCUT2D eigenvalue weighted by molar-refractivity contribution is 9.10. The molecule has 0 saturated heterocycles. The largest absolute Gasteiger partial charge is 0.0876 e. The van der Waals surface area contributed by atoms with E-state index in [0.717, 1.165) is 11.8 Å². The Labute approximate surface area is 84.3 Å². The second-order valence-corrected chi connectivity index (χ2v) is 3.78. The van der Waals surface area contributed by atoms with Gasteiger partial charge < -0.3 is 0 Å². The molecule has 0 radical (unpaired) electrons. The first kappa shape index (κ1) is 9.27. The van der Waals surface area contributed by atoms with E-state index < -0.39 is 0 Å². The van der Waals surface area contributed by atoms with E-state index in [9.17, 15) is 0 Å². The molecule has 1 rings (SSSR count). The van der Waals surface area contributed by atoms with Crippen LogP contribution < -0.4 is 0 Å². The minimum Gasteiger partial charge on any atom is -0.0876 e. The molecule has 2 heteroatoms. The maximum absolute atomic E-state index is 3.53. The molecule has 0 N–H and O–H groups in total. The molecular weight excluding hydrogens is 268 g/mol. The van der Waals surface area contributed by atoms with Gasteiger partial charge in [0.1, 0.15) is 0 Å². The summed E-state index contributed by atoms with van der Waals surface area (Å²) in [7, 11) is 0. The zero-order valence-corrected chi connectivity index (χ0v) is 9.57. The normalized spacial score (nSPS) is 10.1. The Morgan fingerprint density at radius 1 is 1.36 bits per heavy atom. The van der Waals surface area contributed by atoms with Crippen LogP contribution in [0.4, 0.5) is 0 Å². The Hall–Kier alpha value is 0.180. The third kappa shape index (κ3) is 2.06. The number of halogens is 2. The standard InChI is InChI=1S/C9H10Br2/c1-2-8-7(6-10)4-3-5-9(8)11/h3-5H,2,6H2,1H3. The quantitative estimate of drug-likeness (QED) is 0.719. The molecule has 0 aromatic heterocycles. The molecule has 0 spiro atoms. The van der Waals surface area contributed by atoms with E-state index in [1.165, 1.54) is 15.6 Å². The molecule has 0 aliphatic rings. The molecule has 0 nitrogen and oxygen atoms in total. The third-order valence-corrected chi connectivity index (χ3v) is 3.06. The van der Waals surface area contributed by atoms with E-state index in [1.807, 2.05) is 0 Å². The van der Waals surface area contributed by atoms with Crippen LogP contribution in [0.25, 0.3) is 0 Å². The minimum absolute atomic E-state index is 0.940. The van der Waals surface area contributed by atoms with Crippen molar-refractivity contribution < 1.29 is 0 Å².